The molecule has 0 fully saturated rings. The van der Waals surface area contributed by atoms with E-state index in [4.69, 9.17) is 16.0 Å². The third-order valence-electron chi connectivity index (χ3n) is 2.33. The predicted octanol–water partition coefficient (Wildman–Crippen LogP) is 3.76. The zero-order valence-corrected chi connectivity index (χ0v) is 12.8. The highest BCUT2D eigenvalue weighted by atomic mass is 79.9. The number of aromatic nitrogens is 2. The van der Waals surface area contributed by atoms with E-state index in [0.717, 1.165) is 4.47 Å². The Hall–Kier alpha value is -0.300. The van der Waals surface area contributed by atoms with E-state index < -0.39 is 6.10 Å². The first-order valence-electron chi connectivity index (χ1n) is 4.88. The zero-order valence-electron chi connectivity index (χ0n) is 8.82. The van der Waals surface area contributed by atoms with Crippen LogP contribution in [0.25, 0.3) is 0 Å². The monoisotopic (exact) mass is 382 g/mol. The van der Waals surface area contributed by atoms with Crippen LogP contribution in [0.5, 0.6) is 0 Å². The Bertz CT molecular complexity index is 519. The Labute approximate surface area is 120 Å². The molecule has 1 unspecified atom stereocenters. The smallest absolute Gasteiger partial charge is 0.183 e. The highest BCUT2D eigenvalue weighted by Gasteiger charge is 2.23. The molecule has 1 atom stereocenters. The highest BCUT2D eigenvalue weighted by molar-refractivity contribution is 9.13. The molecule has 0 aliphatic rings. The van der Waals surface area contributed by atoms with Gasteiger partial charge in [0.25, 0.3) is 0 Å². The third kappa shape index (κ3) is 2.45. The van der Waals surface area contributed by atoms with Crippen molar-refractivity contribution in [3.8, 4) is 0 Å². The van der Waals surface area contributed by atoms with Crippen LogP contribution >= 0.6 is 43.5 Å². The molecular weight excluding hydrogens is 375 g/mol. The van der Waals surface area contributed by atoms with Gasteiger partial charge in [-0.05, 0) is 44.8 Å². The lowest BCUT2D eigenvalue weighted by molar-refractivity contribution is 0.177. The minimum Gasteiger partial charge on any atom is -0.450 e. The molecule has 2 rings (SSSR count). The Kier molecular flexibility index (Phi) is 3.97. The summed E-state index contributed by atoms with van der Waals surface area (Å²) in [7, 11) is 0. The first-order chi connectivity index (χ1) is 8.04. The van der Waals surface area contributed by atoms with E-state index in [1.54, 1.807) is 10.7 Å². The van der Waals surface area contributed by atoms with Crippen LogP contribution in [0.2, 0.25) is 5.02 Å². The van der Waals surface area contributed by atoms with Crippen molar-refractivity contribution >= 4 is 43.5 Å². The number of furan rings is 1. The van der Waals surface area contributed by atoms with Gasteiger partial charge in [-0.15, -0.1) is 0 Å². The number of nitrogens with zero attached hydrogens (tertiary/aromatic N) is 2. The molecule has 1 N–H and O–H groups in total. The van der Waals surface area contributed by atoms with Gasteiger partial charge in [0.1, 0.15) is 5.76 Å². The van der Waals surface area contributed by atoms with Crippen molar-refractivity contribution in [3.63, 3.8) is 0 Å². The molecule has 4 nitrogen and oxygen atoms in total. The number of aryl methyl sites for hydroxylation is 1. The van der Waals surface area contributed by atoms with Crippen LogP contribution in [0.15, 0.2) is 25.8 Å². The second kappa shape index (κ2) is 5.14. The minimum absolute atomic E-state index is 0.404. The molecule has 92 valence electrons. The number of hydrogen-bond donors (Lipinski definition) is 1. The fraction of sp³-hybridized carbons (Fsp3) is 0.300. The molecule has 0 amide bonds. The summed E-state index contributed by atoms with van der Waals surface area (Å²) < 4.78 is 8.28. The van der Waals surface area contributed by atoms with Crippen molar-refractivity contribution in [3.05, 3.63) is 37.9 Å². The van der Waals surface area contributed by atoms with Crippen LogP contribution in [0, 0.1) is 0 Å². The summed E-state index contributed by atoms with van der Waals surface area (Å²) in [6.45, 7) is 2.55. The molecule has 0 aromatic carbocycles. The molecule has 0 saturated carbocycles. The number of rotatable bonds is 3. The van der Waals surface area contributed by atoms with Crippen molar-refractivity contribution < 1.29 is 9.52 Å². The predicted molar refractivity (Wildman–Crippen MR) is 71.1 cm³/mol. The minimum atomic E-state index is -0.937. The Morgan fingerprint density at radius 3 is 2.82 bits per heavy atom. The lowest BCUT2D eigenvalue weighted by atomic mass is 10.2. The lowest BCUT2D eigenvalue weighted by Crippen LogP contribution is -2.08. The highest BCUT2D eigenvalue weighted by Crippen LogP contribution is 2.34. The molecule has 0 saturated heterocycles. The van der Waals surface area contributed by atoms with E-state index in [9.17, 15) is 5.11 Å². The SMILES string of the molecule is CCn1ncc(Cl)c1C(O)c1cc(Br)c(Br)o1. The molecule has 7 heteroatoms. The van der Waals surface area contributed by atoms with Crippen molar-refractivity contribution in [2.24, 2.45) is 0 Å². The number of halogens is 3. The average molecular weight is 384 g/mol. The average Bonchev–Trinajstić information content (AvgIpc) is 2.82. The first-order valence-corrected chi connectivity index (χ1v) is 6.85. The number of aliphatic hydroxyl groups is 1. The maximum atomic E-state index is 10.2. The quantitative estimate of drug-likeness (QED) is 0.877. The van der Waals surface area contributed by atoms with Crippen molar-refractivity contribution in [1.82, 2.24) is 9.78 Å². The summed E-state index contributed by atoms with van der Waals surface area (Å²) in [5, 5.41) is 14.7. The lowest BCUT2D eigenvalue weighted by Gasteiger charge is -2.10. The second-order valence-electron chi connectivity index (χ2n) is 3.37. The van der Waals surface area contributed by atoms with Gasteiger partial charge in [-0.1, -0.05) is 11.6 Å². The van der Waals surface area contributed by atoms with Gasteiger partial charge in [0.2, 0.25) is 0 Å². The molecule has 2 heterocycles. The summed E-state index contributed by atoms with van der Waals surface area (Å²) >= 11 is 12.5. The topological polar surface area (TPSA) is 51.2 Å². The van der Waals surface area contributed by atoms with Crippen molar-refractivity contribution in [2.45, 2.75) is 19.6 Å². The number of aliphatic hydroxyl groups excluding tert-OH is 1. The zero-order chi connectivity index (χ0) is 12.6. The van der Waals surface area contributed by atoms with Crippen LogP contribution < -0.4 is 0 Å². The van der Waals surface area contributed by atoms with Crippen LogP contribution in [0.3, 0.4) is 0 Å². The molecule has 0 aliphatic carbocycles. The third-order valence-corrected chi connectivity index (χ3v) is 4.33. The Balaban J connectivity index is 2.42. The Morgan fingerprint density at radius 1 is 1.59 bits per heavy atom. The van der Waals surface area contributed by atoms with Gasteiger partial charge in [0, 0.05) is 6.54 Å². The van der Waals surface area contributed by atoms with E-state index in [2.05, 4.69) is 37.0 Å². The van der Waals surface area contributed by atoms with Crippen LogP contribution in [0.4, 0.5) is 0 Å². The standard InChI is InChI=1S/C10H9Br2ClN2O2/c1-2-15-8(6(13)4-14-15)9(16)7-3-5(11)10(12)17-7/h3-4,9,16H,2H2,1H3. The van der Waals surface area contributed by atoms with E-state index in [-0.39, 0.29) is 0 Å². The van der Waals surface area contributed by atoms with Gasteiger partial charge in [-0.25, -0.2) is 0 Å². The van der Waals surface area contributed by atoms with Crippen LogP contribution in [-0.4, -0.2) is 14.9 Å². The second-order valence-corrected chi connectivity index (χ2v) is 5.35. The van der Waals surface area contributed by atoms with E-state index >= 15 is 0 Å². The van der Waals surface area contributed by atoms with E-state index in [1.165, 1.54) is 6.20 Å². The van der Waals surface area contributed by atoms with Crippen LogP contribution in [-0.2, 0) is 6.54 Å². The maximum Gasteiger partial charge on any atom is 0.183 e. The molecule has 2 aromatic rings. The normalized spacial score (nSPS) is 13.0. The summed E-state index contributed by atoms with van der Waals surface area (Å²) in [4.78, 5) is 0. The molecule has 0 radical (unpaired) electrons. The molecule has 0 aliphatic heterocycles. The van der Waals surface area contributed by atoms with E-state index in [1.807, 2.05) is 6.92 Å². The van der Waals surface area contributed by atoms with Gasteiger partial charge in [0.15, 0.2) is 10.8 Å². The van der Waals surface area contributed by atoms with Gasteiger partial charge in [0.05, 0.1) is 21.4 Å². The summed E-state index contributed by atoms with van der Waals surface area (Å²) in [5.74, 6) is 0.404. The maximum absolute atomic E-state index is 10.2. The molecule has 0 bridgehead atoms. The number of hydrogen-bond acceptors (Lipinski definition) is 3. The van der Waals surface area contributed by atoms with Crippen molar-refractivity contribution in [1.29, 1.82) is 0 Å². The first kappa shape index (κ1) is 13.1. The van der Waals surface area contributed by atoms with Gasteiger partial charge in [-0.2, -0.15) is 5.10 Å². The van der Waals surface area contributed by atoms with Crippen molar-refractivity contribution in [2.75, 3.05) is 0 Å². The van der Waals surface area contributed by atoms with Gasteiger partial charge in [-0.3, -0.25) is 4.68 Å². The fourth-order valence-corrected chi connectivity index (χ4v) is 2.38. The molecule has 17 heavy (non-hydrogen) atoms. The van der Waals surface area contributed by atoms with Crippen LogP contribution in [0.1, 0.15) is 24.5 Å². The van der Waals surface area contributed by atoms with Gasteiger partial charge < -0.3 is 9.52 Å². The molecule has 0 spiro atoms. The Morgan fingerprint density at radius 2 is 2.29 bits per heavy atom. The molecule has 2 aromatic heterocycles. The van der Waals surface area contributed by atoms with Gasteiger partial charge >= 0.3 is 0 Å². The summed E-state index contributed by atoms with van der Waals surface area (Å²) in [5.41, 5.74) is 0.530. The summed E-state index contributed by atoms with van der Waals surface area (Å²) in [6.07, 6.45) is 0.573. The fourth-order valence-electron chi connectivity index (χ4n) is 1.53. The summed E-state index contributed by atoms with van der Waals surface area (Å²) in [6, 6.07) is 1.69. The largest absolute Gasteiger partial charge is 0.450 e. The molecular formula is C10H9Br2ClN2O2. The van der Waals surface area contributed by atoms with E-state index in [0.29, 0.717) is 27.7 Å².